The number of nitrogens with zero attached hydrogens (tertiary/aromatic N) is 6. The summed E-state index contributed by atoms with van der Waals surface area (Å²) in [6.45, 7) is 2.36. The SMILES string of the molecule is CCOc1cccc(-c2c(C(=O)NN=Cc3ccc(-c4ccccc4)cc3)nnn2-c2nonc2N)c1. The fourth-order valence-electron chi connectivity index (χ4n) is 3.69. The lowest BCUT2D eigenvalue weighted by molar-refractivity contribution is 0.0950. The molecule has 11 nitrogen and oxygen atoms in total. The number of hydrogen-bond acceptors (Lipinski definition) is 9. The highest BCUT2D eigenvalue weighted by molar-refractivity contribution is 5.99. The molecule has 37 heavy (non-hydrogen) atoms. The molecule has 2 heterocycles. The number of rotatable bonds is 8. The van der Waals surface area contributed by atoms with Crippen molar-refractivity contribution in [3.63, 3.8) is 0 Å². The minimum absolute atomic E-state index is 0.00367. The number of amides is 1. The third kappa shape index (κ3) is 5.05. The van der Waals surface area contributed by atoms with Crippen LogP contribution in [0.1, 0.15) is 23.0 Å². The van der Waals surface area contributed by atoms with E-state index >= 15 is 0 Å². The number of aromatic nitrogens is 5. The van der Waals surface area contributed by atoms with Crippen molar-refractivity contribution >= 4 is 17.9 Å². The number of anilines is 1. The highest BCUT2D eigenvalue weighted by Crippen LogP contribution is 2.29. The Balaban J connectivity index is 1.40. The quantitative estimate of drug-likeness (QED) is 0.245. The van der Waals surface area contributed by atoms with Gasteiger partial charge in [0.05, 0.1) is 12.8 Å². The van der Waals surface area contributed by atoms with Crippen LogP contribution in [0.2, 0.25) is 0 Å². The second kappa shape index (κ2) is 10.5. The van der Waals surface area contributed by atoms with Crippen molar-refractivity contribution in [1.82, 2.24) is 30.7 Å². The van der Waals surface area contributed by atoms with E-state index in [0.29, 0.717) is 23.6 Å². The first kappa shape index (κ1) is 23.4. The van der Waals surface area contributed by atoms with Gasteiger partial charge in [0.2, 0.25) is 11.6 Å². The molecule has 3 aromatic carbocycles. The number of ether oxygens (including phenoxy) is 1. The van der Waals surface area contributed by atoms with Gasteiger partial charge in [0.15, 0.2) is 5.69 Å². The molecule has 3 N–H and O–H groups in total. The van der Waals surface area contributed by atoms with Crippen LogP contribution < -0.4 is 15.9 Å². The average molecular weight is 495 g/mol. The van der Waals surface area contributed by atoms with Crippen molar-refractivity contribution in [1.29, 1.82) is 0 Å². The summed E-state index contributed by atoms with van der Waals surface area (Å²) >= 11 is 0. The largest absolute Gasteiger partial charge is 0.494 e. The normalized spacial score (nSPS) is 11.1. The number of nitrogens with two attached hydrogens (primary N) is 1. The van der Waals surface area contributed by atoms with Crippen LogP contribution in [0, 0.1) is 0 Å². The lowest BCUT2D eigenvalue weighted by Gasteiger charge is -2.08. The highest BCUT2D eigenvalue weighted by Gasteiger charge is 2.25. The Kier molecular flexibility index (Phi) is 6.66. The predicted octanol–water partition coefficient (Wildman–Crippen LogP) is 3.73. The molecule has 0 saturated heterocycles. The topological polar surface area (TPSA) is 146 Å². The smallest absolute Gasteiger partial charge is 0.294 e. The Bertz CT molecular complexity index is 1540. The molecule has 0 spiro atoms. The van der Waals surface area contributed by atoms with E-state index in [1.807, 2.05) is 61.5 Å². The van der Waals surface area contributed by atoms with Crippen LogP contribution >= 0.6 is 0 Å². The van der Waals surface area contributed by atoms with E-state index in [4.69, 9.17) is 15.1 Å². The molecule has 0 unspecified atom stereocenters. The van der Waals surface area contributed by atoms with Gasteiger partial charge in [-0.3, -0.25) is 4.79 Å². The van der Waals surface area contributed by atoms with E-state index in [9.17, 15) is 4.79 Å². The van der Waals surface area contributed by atoms with Crippen molar-refractivity contribution < 1.29 is 14.2 Å². The summed E-state index contributed by atoms with van der Waals surface area (Å²) in [4.78, 5) is 13.1. The molecule has 0 bridgehead atoms. The van der Waals surface area contributed by atoms with Crippen LogP contribution in [-0.2, 0) is 0 Å². The number of hydrogen-bond donors (Lipinski definition) is 2. The van der Waals surface area contributed by atoms with Crippen LogP contribution in [0.3, 0.4) is 0 Å². The zero-order valence-corrected chi connectivity index (χ0v) is 19.8. The molecule has 0 aliphatic carbocycles. The van der Waals surface area contributed by atoms with Gasteiger partial charge in [0, 0.05) is 5.56 Å². The van der Waals surface area contributed by atoms with Gasteiger partial charge >= 0.3 is 0 Å². The Morgan fingerprint density at radius 1 is 1.03 bits per heavy atom. The molecule has 11 heteroatoms. The number of hydrazone groups is 1. The first-order valence-electron chi connectivity index (χ1n) is 11.4. The van der Waals surface area contributed by atoms with E-state index in [0.717, 1.165) is 16.7 Å². The van der Waals surface area contributed by atoms with Crippen LogP contribution in [0.5, 0.6) is 5.75 Å². The molecule has 0 saturated carbocycles. The summed E-state index contributed by atoms with van der Waals surface area (Å²) in [6, 6.07) is 25.0. The molecule has 1 amide bonds. The molecule has 5 rings (SSSR count). The summed E-state index contributed by atoms with van der Waals surface area (Å²) in [5, 5.41) is 19.6. The molecule has 0 radical (unpaired) electrons. The van der Waals surface area contributed by atoms with Crippen molar-refractivity contribution in [3.8, 4) is 34.0 Å². The Morgan fingerprint density at radius 2 is 1.78 bits per heavy atom. The van der Waals surface area contributed by atoms with Gasteiger partial charge in [-0.1, -0.05) is 71.9 Å². The first-order valence-corrected chi connectivity index (χ1v) is 11.4. The zero-order chi connectivity index (χ0) is 25.6. The molecule has 184 valence electrons. The zero-order valence-electron chi connectivity index (χ0n) is 19.8. The maximum atomic E-state index is 13.1. The maximum absolute atomic E-state index is 13.1. The van der Waals surface area contributed by atoms with Gasteiger partial charge < -0.3 is 10.5 Å². The second-order valence-electron chi connectivity index (χ2n) is 7.82. The van der Waals surface area contributed by atoms with Crippen LogP contribution in [0.4, 0.5) is 5.82 Å². The number of benzene rings is 3. The molecule has 5 aromatic rings. The number of carbonyl (C=O) groups is 1. The van der Waals surface area contributed by atoms with Gasteiger partial charge in [-0.25, -0.2) is 10.1 Å². The Hall–Kier alpha value is -5.32. The van der Waals surface area contributed by atoms with E-state index in [-0.39, 0.29) is 17.3 Å². The van der Waals surface area contributed by atoms with Crippen LogP contribution in [-0.4, -0.2) is 44.0 Å². The maximum Gasteiger partial charge on any atom is 0.294 e. The Morgan fingerprint density at radius 3 is 2.51 bits per heavy atom. The third-order valence-corrected chi connectivity index (χ3v) is 5.40. The standard InChI is InChI=1S/C26H22N8O3/c1-2-36-21-10-6-9-20(15-21)23-22(29-33-34(23)25-24(27)31-37-32-25)26(35)30-28-16-17-11-13-19(14-12-17)18-7-4-3-5-8-18/h3-16H,2H2,1H3,(H2,27,31)(H,30,35). The summed E-state index contributed by atoms with van der Waals surface area (Å²) in [6.07, 6.45) is 1.55. The molecule has 0 aliphatic rings. The molecule has 2 aromatic heterocycles. The molecule has 0 atom stereocenters. The van der Waals surface area contributed by atoms with Gasteiger partial charge in [0.1, 0.15) is 11.4 Å². The van der Waals surface area contributed by atoms with Crippen LogP contribution in [0.25, 0.3) is 28.2 Å². The van der Waals surface area contributed by atoms with Crippen molar-refractivity contribution in [2.45, 2.75) is 6.92 Å². The molecular formula is C26H22N8O3. The number of carbonyl (C=O) groups excluding carboxylic acids is 1. The molecule has 0 fully saturated rings. The minimum Gasteiger partial charge on any atom is -0.494 e. The first-order chi connectivity index (χ1) is 18.1. The van der Waals surface area contributed by atoms with Crippen molar-refractivity contribution in [3.05, 3.63) is 90.1 Å². The van der Waals surface area contributed by atoms with Crippen molar-refractivity contribution in [2.24, 2.45) is 5.10 Å². The summed E-state index contributed by atoms with van der Waals surface area (Å²) in [7, 11) is 0. The fraction of sp³-hybridized carbons (Fsp3) is 0.0769. The van der Waals surface area contributed by atoms with Gasteiger partial charge in [0.25, 0.3) is 5.91 Å². The number of nitrogen functional groups attached to an aromatic ring is 1. The molecule has 0 aliphatic heterocycles. The highest BCUT2D eigenvalue weighted by atomic mass is 16.6. The minimum atomic E-state index is -0.574. The fourth-order valence-corrected chi connectivity index (χ4v) is 3.69. The Labute approximate surface area is 211 Å². The number of nitrogens with one attached hydrogen (secondary N) is 1. The van der Waals surface area contributed by atoms with Gasteiger partial charge in [-0.15, -0.1) is 5.10 Å². The lowest BCUT2D eigenvalue weighted by atomic mass is 10.0. The average Bonchev–Trinajstić information content (AvgIpc) is 3.56. The van der Waals surface area contributed by atoms with Gasteiger partial charge in [-0.05, 0) is 46.1 Å². The lowest BCUT2D eigenvalue weighted by Crippen LogP contribution is -2.19. The summed E-state index contributed by atoms with van der Waals surface area (Å²) in [5.74, 6) is 0.138. The van der Waals surface area contributed by atoms with Gasteiger partial charge in [-0.2, -0.15) is 9.78 Å². The summed E-state index contributed by atoms with van der Waals surface area (Å²) in [5.41, 5.74) is 12.3. The second-order valence-corrected chi connectivity index (χ2v) is 7.82. The molecular weight excluding hydrogens is 472 g/mol. The van der Waals surface area contributed by atoms with E-state index in [2.05, 4.69) is 31.2 Å². The van der Waals surface area contributed by atoms with E-state index in [1.165, 1.54) is 4.68 Å². The van der Waals surface area contributed by atoms with E-state index in [1.54, 1.807) is 30.5 Å². The predicted molar refractivity (Wildman–Crippen MR) is 137 cm³/mol. The monoisotopic (exact) mass is 494 g/mol. The van der Waals surface area contributed by atoms with Crippen molar-refractivity contribution in [2.75, 3.05) is 12.3 Å². The third-order valence-electron chi connectivity index (χ3n) is 5.40. The van der Waals surface area contributed by atoms with Crippen LogP contribution in [0.15, 0.2) is 88.6 Å². The summed E-state index contributed by atoms with van der Waals surface area (Å²) < 4.78 is 11.6. The van der Waals surface area contributed by atoms with E-state index < -0.39 is 5.91 Å².